The van der Waals surface area contributed by atoms with E-state index in [4.69, 9.17) is 9.16 Å². The molecule has 0 saturated carbocycles. The van der Waals surface area contributed by atoms with E-state index in [-0.39, 0.29) is 22.2 Å². The van der Waals surface area contributed by atoms with Crippen molar-refractivity contribution in [3.05, 3.63) is 63.2 Å². The molecule has 0 saturated heterocycles. The second kappa shape index (κ2) is 8.46. The van der Waals surface area contributed by atoms with Gasteiger partial charge >= 0.3 is 5.97 Å². The van der Waals surface area contributed by atoms with Gasteiger partial charge in [0.1, 0.15) is 16.2 Å². The molecule has 0 unspecified atom stereocenters. The summed E-state index contributed by atoms with van der Waals surface area (Å²) in [5, 5.41) is 0. The van der Waals surface area contributed by atoms with Gasteiger partial charge in [0, 0.05) is 5.56 Å². The summed E-state index contributed by atoms with van der Waals surface area (Å²) >= 11 is 0. The number of ether oxygens (including phenoxy) is 1. The lowest BCUT2D eigenvalue weighted by Crippen LogP contribution is -2.34. The molecule has 2 aromatic rings. The van der Waals surface area contributed by atoms with Crippen LogP contribution in [0.25, 0.3) is 0 Å². The molecular formula is C28H40O3Si. The number of carbonyl (C=O) groups excluding carboxylic acids is 1. The number of aryl methyl sites for hydroxylation is 1. The van der Waals surface area contributed by atoms with Crippen LogP contribution in [0, 0.1) is 13.8 Å². The molecule has 0 aliphatic heterocycles. The standard InChI is InChI=1S/C28H40O3Si/c1-17-14-23(20(16-30-32)18(2)24(17)26(3,4)5)31-25(29)19-10-11-21-22(15-19)28(8,9)13-12-27(21,6)7/h10-11,14-15H,12-13,16H2,1-9,32H3. The largest absolute Gasteiger partial charge is 0.424 e. The third kappa shape index (κ3) is 4.58. The molecule has 0 N–H and O–H groups in total. The summed E-state index contributed by atoms with van der Waals surface area (Å²) in [5.74, 6) is 0.315. The van der Waals surface area contributed by atoms with Crippen molar-refractivity contribution >= 4 is 16.5 Å². The van der Waals surface area contributed by atoms with Gasteiger partial charge in [-0.25, -0.2) is 4.79 Å². The molecule has 0 fully saturated rings. The van der Waals surface area contributed by atoms with Gasteiger partial charge in [-0.1, -0.05) is 54.5 Å². The van der Waals surface area contributed by atoms with Crippen LogP contribution in [0.15, 0.2) is 24.3 Å². The van der Waals surface area contributed by atoms with Gasteiger partial charge in [-0.05, 0) is 89.0 Å². The summed E-state index contributed by atoms with van der Waals surface area (Å²) in [4.78, 5) is 13.3. The molecule has 0 bridgehead atoms. The van der Waals surface area contributed by atoms with Crippen LogP contribution in [-0.2, 0) is 27.3 Å². The van der Waals surface area contributed by atoms with E-state index in [1.165, 1.54) is 16.7 Å². The predicted octanol–water partition coefficient (Wildman–Crippen LogP) is 5.97. The molecular weight excluding hydrogens is 412 g/mol. The topological polar surface area (TPSA) is 35.5 Å². The fraction of sp³-hybridized carbons (Fsp3) is 0.536. The van der Waals surface area contributed by atoms with Crippen molar-refractivity contribution in [1.29, 1.82) is 0 Å². The third-order valence-corrected chi connectivity index (χ3v) is 7.49. The molecule has 0 amide bonds. The maximum absolute atomic E-state index is 13.3. The average Bonchev–Trinajstić information content (AvgIpc) is 2.67. The molecule has 174 valence electrons. The van der Waals surface area contributed by atoms with E-state index >= 15 is 0 Å². The van der Waals surface area contributed by atoms with Crippen molar-refractivity contribution in [2.75, 3.05) is 0 Å². The zero-order valence-electron chi connectivity index (χ0n) is 21.7. The Morgan fingerprint density at radius 3 is 2.16 bits per heavy atom. The fourth-order valence-corrected chi connectivity index (χ4v) is 5.72. The van der Waals surface area contributed by atoms with E-state index < -0.39 is 0 Å². The Bertz CT molecular complexity index is 1040. The number of hydrogen-bond donors (Lipinski definition) is 0. The number of hydrogen-bond acceptors (Lipinski definition) is 3. The van der Waals surface area contributed by atoms with Crippen LogP contribution in [0.5, 0.6) is 5.75 Å². The number of fused-ring (bicyclic) bond motifs is 1. The molecule has 1 aliphatic carbocycles. The molecule has 0 radical (unpaired) electrons. The van der Waals surface area contributed by atoms with Crippen LogP contribution in [0.1, 0.15) is 105 Å². The zero-order valence-corrected chi connectivity index (χ0v) is 23.7. The summed E-state index contributed by atoms with van der Waals surface area (Å²) in [6.07, 6.45) is 2.26. The summed E-state index contributed by atoms with van der Waals surface area (Å²) < 4.78 is 11.6. The van der Waals surface area contributed by atoms with Gasteiger partial charge in [0.15, 0.2) is 0 Å². The quantitative estimate of drug-likeness (QED) is 0.326. The van der Waals surface area contributed by atoms with Gasteiger partial charge in [0.2, 0.25) is 0 Å². The predicted molar refractivity (Wildman–Crippen MR) is 136 cm³/mol. The second-order valence-corrected chi connectivity index (χ2v) is 12.3. The third-order valence-electron chi connectivity index (χ3n) is 7.20. The highest BCUT2D eigenvalue weighted by atomic mass is 28.2. The SMILES string of the molecule is Cc1cc(OC(=O)c2ccc3c(c2)C(C)(C)CCC3(C)C)c(CO[SiH3])c(C)c1C(C)(C)C. The number of rotatable bonds is 4. The monoisotopic (exact) mass is 452 g/mol. The summed E-state index contributed by atoms with van der Waals surface area (Å²) in [6.45, 7) is 20.5. The second-order valence-electron chi connectivity index (χ2n) is 11.8. The molecule has 3 rings (SSSR count). The molecule has 0 heterocycles. The first-order valence-corrected chi connectivity index (χ1v) is 12.5. The highest BCUT2D eigenvalue weighted by Crippen LogP contribution is 2.46. The highest BCUT2D eigenvalue weighted by molar-refractivity contribution is 5.98. The van der Waals surface area contributed by atoms with Gasteiger partial charge in [0.05, 0.1) is 12.2 Å². The van der Waals surface area contributed by atoms with E-state index in [0.29, 0.717) is 28.4 Å². The Morgan fingerprint density at radius 1 is 1.00 bits per heavy atom. The molecule has 2 aromatic carbocycles. The molecule has 1 aliphatic rings. The van der Waals surface area contributed by atoms with Crippen molar-refractivity contribution in [3.8, 4) is 5.75 Å². The number of carbonyl (C=O) groups is 1. The van der Waals surface area contributed by atoms with Crippen LogP contribution in [0.3, 0.4) is 0 Å². The van der Waals surface area contributed by atoms with Crippen LogP contribution in [0.4, 0.5) is 0 Å². The van der Waals surface area contributed by atoms with Gasteiger partial charge in [0.25, 0.3) is 0 Å². The maximum Gasteiger partial charge on any atom is 0.343 e. The van der Waals surface area contributed by atoms with Gasteiger partial charge in [-0.3, -0.25) is 0 Å². The normalized spacial score (nSPS) is 17.2. The van der Waals surface area contributed by atoms with Crippen molar-refractivity contribution in [2.24, 2.45) is 0 Å². The Labute approximate surface area is 197 Å². The Balaban J connectivity index is 2.03. The summed E-state index contributed by atoms with van der Waals surface area (Å²) in [5.41, 5.74) is 7.97. The Morgan fingerprint density at radius 2 is 1.59 bits per heavy atom. The van der Waals surface area contributed by atoms with Crippen LogP contribution in [0.2, 0.25) is 0 Å². The first-order valence-electron chi connectivity index (χ1n) is 11.7. The molecule has 0 spiro atoms. The van der Waals surface area contributed by atoms with Crippen LogP contribution in [-0.4, -0.2) is 16.5 Å². The van der Waals surface area contributed by atoms with Crippen molar-refractivity contribution in [1.82, 2.24) is 0 Å². The minimum Gasteiger partial charge on any atom is -0.424 e. The van der Waals surface area contributed by atoms with Crippen molar-refractivity contribution < 1.29 is 14.0 Å². The van der Waals surface area contributed by atoms with Crippen LogP contribution < -0.4 is 4.74 Å². The van der Waals surface area contributed by atoms with E-state index in [2.05, 4.69) is 74.4 Å². The van der Waals surface area contributed by atoms with E-state index in [9.17, 15) is 4.79 Å². The average molecular weight is 453 g/mol. The zero-order chi connectivity index (χ0) is 24.1. The highest BCUT2D eigenvalue weighted by Gasteiger charge is 2.37. The number of esters is 1. The van der Waals surface area contributed by atoms with Crippen molar-refractivity contribution in [2.45, 2.75) is 98.0 Å². The van der Waals surface area contributed by atoms with Gasteiger partial charge < -0.3 is 9.16 Å². The summed E-state index contributed by atoms with van der Waals surface area (Å²) in [7, 11) is 0.633. The van der Waals surface area contributed by atoms with Crippen LogP contribution >= 0.6 is 0 Å². The lowest BCUT2D eigenvalue weighted by atomic mass is 9.63. The minimum absolute atomic E-state index is 0.00745. The molecule has 3 nitrogen and oxygen atoms in total. The van der Waals surface area contributed by atoms with E-state index in [1.807, 2.05) is 12.1 Å². The van der Waals surface area contributed by atoms with E-state index in [0.717, 1.165) is 29.5 Å². The van der Waals surface area contributed by atoms with E-state index in [1.54, 1.807) is 0 Å². The molecule has 0 aromatic heterocycles. The summed E-state index contributed by atoms with van der Waals surface area (Å²) in [6, 6.07) is 8.13. The molecule has 32 heavy (non-hydrogen) atoms. The number of benzene rings is 2. The van der Waals surface area contributed by atoms with Crippen molar-refractivity contribution in [3.63, 3.8) is 0 Å². The minimum atomic E-state index is -0.302. The first-order chi connectivity index (χ1) is 14.7. The molecule has 0 atom stereocenters. The first kappa shape index (κ1) is 24.7. The maximum atomic E-state index is 13.3. The van der Waals surface area contributed by atoms with Gasteiger partial charge in [-0.15, -0.1) is 0 Å². The molecule has 4 heteroatoms. The van der Waals surface area contributed by atoms with Gasteiger partial charge in [-0.2, -0.15) is 0 Å². The lowest BCUT2D eigenvalue weighted by Gasteiger charge is -2.42. The lowest BCUT2D eigenvalue weighted by molar-refractivity contribution is 0.0731. The Kier molecular flexibility index (Phi) is 6.53. The smallest absolute Gasteiger partial charge is 0.343 e. The fourth-order valence-electron chi connectivity index (χ4n) is 5.43. The Hall–Kier alpha value is -1.91.